The summed E-state index contributed by atoms with van der Waals surface area (Å²) in [5.41, 5.74) is 2.71. The Labute approximate surface area is 124 Å². The van der Waals surface area contributed by atoms with Crippen LogP contribution in [0.2, 0.25) is 0 Å². The van der Waals surface area contributed by atoms with Gasteiger partial charge < -0.3 is 10.1 Å². The largest absolute Gasteiger partial charge is 0.481 e. The van der Waals surface area contributed by atoms with Crippen molar-refractivity contribution in [2.75, 3.05) is 13.7 Å². The second kappa shape index (κ2) is 7.13. The molecule has 1 atom stereocenters. The third-order valence-electron chi connectivity index (χ3n) is 3.31. The van der Waals surface area contributed by atoms with Crippen LogP contribution in [0.1, 0.15) is 36.2 Å². The van der Waals surface area contributed by atoms with E-state index in [0.717, 1.165) is 29.8 Å². The van der Waals surface area contributed by atoms with Gasteiger partial charge in [0.2, 0.25) is 5.88 Å². The summed E-state index contributed by atoms with van der Waals surface area (Å²) in [4.78, 5) is 8.36. The third kappa shape index (κ3) is 3.76. The van der Waals surface area contributed by atoms with E-state index in [1.165, 1.54) is 18.5 Å². The second-order valence-corrected chi connectivity index (χ2v) is 4.87. The van der Waals surface area contributed by atoms with Gasteiger partial charge in [0, 0.05) is 6.07 Å². The monoisotopic (exact) mass is 289 g/mol. The Balaban J connectivity index is 2.41. The lowest BCUT2D eigenvalue weighted by Crippen LogP contribution is -2.25. The van der Waals surface area contributed by atoms with Crippen LogP contribution in [-0.2, 0) is 0 Å². The molecular formula is C16H20FN3O. The van der Waals surface area contributed by atoms with E-state index in [1.807, 2.05) is 6.92 Å². The standard InChI is InChI=1S/C16H20FN3O/c1-4-7-18-16(13-6-5-12(17)8-11(13)2)14-9-15(21-3)20-10-19-14/h5-6,8-10,16,18H,4,7H2,1-3H3. The Morgan fingerprint density at radius 2 is 2.10 bits per heavy atom. The van der Waals surface area contributed by atoms with Crippen LogP contribution in [0.15, 0.2) is 30.6 Å². The predicted octanol–water partition coefficient (Wildman–Crippen LogP) is 3.02. The number of aromatic nitrogens is 2. The van der Waals surface area contributed by atoms with Crippen molar-refractivity contribution in [3.05, 3.63) is 53.2 Å². The van der Waals surface area contributed by atoms with E-state index in [1.54, 1.807) is 19.2 Å². The van der Waals surface area contributed by atoms with Gasteiger partial charge in [-0.3, -0.25) is 0 Å². The topological polar surface area (TPSA) is 47.0 Å². The fourth-order valence-corrected chi connectivity index (χ4v) is 2.25. The number of halogens is 1. The van der Waals surface area contributed by atoms with Crippen LogP contribution >= 0.6 is 0 Å². The number of ether oxygens (including phenoxy) is 1. The molecule has 2 aromatic rings. The van der Waals surface area contributed by atoms with Crippen LogP contribution in [0, 0.1) is 12.7 Å². The van der Waals surface area contributed by atoms with Crippen molar-refractivity contribution in [3.8, 4) is 5.88 Å². The summed E-state index contributed by atoms with van der Waals surface area (Å²) in [5.74, 6) is 0.286. The summed E-state index contributed by atoms with van der Waals surface area (Å²) in [5, 5.41) is 3.45. The van der Waals surface area contributed by atoms with E-state index in [4.69, 9.17) is 4.74 Å². The van der Waals surface area contributed by atoms with E-state index < -0.39 is 0 Å². The van der Waals surface area contributed by atoms with Crippen molar-refractivity contribution < 1.29 is 9.13 Å². The fraction of sp³-hybridized carbons (Fsp3) is 0.375. The number of hydrogen-bond acceptors (Lipinski definition) is 4. The number of nitrogens with one attached hydrogen (secondary N) is 1. The highest BCUT2D eigenvalue weighted by atomic mass is 19.1. The van der Waals surface area contributed by atoms with Gasteiger partial charge in [0.1, 0.15) is 12.1 Å². The minimum Gasteiger partial charge on any atom is -0.481 e. The Morgan fingerprint density at radius 1 is 1.29 bits per heavy atom. The summed E-state index contributed by atoms with van der Waals surface area (Å²) in [6.07, 6.45) is 2.48. The van der Waals surface area contributed by atoms with Crippen molar-refractivity contribution >= 4 is 0 Å². The van der Waals surface area contributed by atoms with E-state index in [9.17, 15) is 4.39 Å². The number of hydrogen-bond donors (Lipinski definition) is 1. The molecule has 0 saturated heterocycles. The summed E-state index contributed by atoms with van der Waals surface area (Å²) >= 11 is 0. The first-order valence-corrected chi connectivity index (χ1v) is 7.01. The van der Waals surface area contributed by atoms with Crippen molar-refractivity contribution in [3.63, 3.8) is 0 Å². The molecule has 0 aliphatic rings. The average molecular weight is 289 g/mol. The fourth-order valence-electron chi connectivity index (χ4n) is 2.25. The zero-order chi connectivity index (χ0) is 15.2. The van der Waals surface area contributed by atoms with Crippen molar-refractivity contribution in [1.29, 1.82) is 0 Å². The molecule has 2 rings (SSSR count). The molecule has 1 heterocycles. The molecule has 21 heavy (non-hydrogen) atoms. The van der Waals surface area contributed by atoms with Gasteiger partial charge >= 0.3 is 0 Å². The highest BCUT2D eigenvalue weighted by Gasteiger charge is 2.18. The lowest BCUT2D eigenvalue weighted by atomic mass is 9.98. The molecule has 0 radical (unpaired) electrons. The quantitative estimate of drug-likeness (QED) is 0.888. The molecule has 1 aromatic heterocycles. The van der Waals surface area contributed by atoms with Crippen LogP contribution < -0.4 is 10.1 Å². The molecule has 112 valence electrons. The zero-order valence-electron chi connectivity index (χ0n) is 12.6. The molecule has 0 aliphatic carbocycles. The maximum absolute atomic E-state index is 13.3. The first-order chi connectivity index (χ1) is 10.2. The molecule has 5 heteroatoms. The molecule has 1 aromatic carbocycles. The van der Waals surface area contributed by atoms with Gasteiger partial charge in [0.05, 0.1) is 18.8 Å². The molecule has 4 nitrogen and oxygen atoms in total. The van der Waals surface area contributed by atoms with Crippen molar-refractivity contribution in [2.24, 2.45) is 0 Å². The summed E-state index contributed by atoms with van der Waals surface area (Å²) < 4.78 is 18.5. The van der Waals surface area contributed by atoms with E-state index in [2.05, 4.69) is 22.2 Å². The van der Waals surface area contributed by atoms with Crippen LogP contribution in [0.4, 0.5) is 4.39 Å². The average Bonchev–Trinajstić information content (AvgIpc) is 2.49. The van der Waals surface area contributed by atoms with Gasteiger partial charge in [-0.05, 0) is 43.1 Å². The lowest BCUT2D eigenvalue weighted by Gasteiger charge is -2.20. The molecule has 0 aliphatic heterocycles. The van der Waals surface area contributed by atoms with Crippen LogP contribution in [0.3, 0.4) is 0 Å². The minimum absolute atomic E-state index is 0.109. The third-order valence-corrected chi connectivity index (χ3v) is 3.31. The Morgan fingerprint density at radius 3 is 2.76 bits per heavy atom. The zero-order valence-corrected chi connectivity index (χ0v) is 12.6. The van der Waals surface area contributed by atoms with Gasteiger partial charge in [-0.1, -0.05) is 13.0 Å². The Hall–Kier alpha value is -2.01. The molecule has 0 saturated carbocycles. The number of nitrogens with zero attached hydrogens (tertiary/aromatic N) is 2. The summed E-state index contributed by atoms with van der Waals surface area (Å²) in [7, 11) is 1.57. The molecule has 0 fully saturated rings. The molecule has 0 amide bonds. The SMILES string of the molecule is CCCNC(c1cc(OC)ncn1)c1ccc(F)cc1C. The van der Waals surface area contributed by atoms with Gasteiger partial charge in [-0.25, -0.2) is 14.4 Å². The van der Waals surface area contributed by atoms with E-state index >= 15 is 0 Å². The van der Waals surface area contributed by atoms with Crippen molar-refractivity contribution in [2.45, 2.75) is 26.3 Å². The van der Waals surface area contributed by atoms with Gasteiger partial charge in [0.25, 0.3) is 0 Å². The van der Waals surface area contributed by atoms with Gasteiger partial charge in [0.15, 0.2) is 0 Å². The van der Waals surface area contributed by atoms with Crippen molar-refractivity contribution in [1.82, 2.24) is 15.3 Å². The van der Waals surface area contributed by atoms with Crippen LogP contribution in [0.5, 0.6) is 5.88 Å². The highest BCUT2D eigenvalue weighted by Crippen LogP contribution is 2.25. The second-order valence-electron chi connectivity index (χ2n) is 4.87. The van der Waals surface area contributed by atoms with Crippen LogP contribution in [-0.4, -0.2) is 23.6 Å². The molecule has 1 unspecified atom stereocenters. The minimum atomic E-state index is -0.231. The van der Waals surface area contributed by atoms with E-state index in [-0.39, 0.29) is 11.9 Å². The normalized spacial score (nSPS) is 12.2. The summed E-state index contributed by atoms with van der Waals surface area (Å²) in [6, 6.07) is 6.50. The Bertz CT molecular complexity index is 604. The first kappa shape index (κ1) is 15.4. The molecule has 0 bridgehead atoms. The maximum atomic E-state index is 13.3. The highest BCUT2D eigenvalue weighted by molar-refractivity contribution is 5.35. The predicted molar refractivity (Wildman–Crippen MR) is 79.9 cm³/mol. The molecule has 1 N–H and O–H groups in total. The number of benzene rings is 1. The lowest BCUT2D eigenvalue weighted by molar-refractivity contribution is 0.394. The van der Waals surface area contributed by atoms with Gasteiger partial charge in [-0.15, -0.1) is 0 Å². The maximum Gasteiger partial charge on any atom is 0.216 e. The molecular weight excluding hydrogens is 269 g/mol. The summed E-state index contributed by atoms with van der Waals surface area (Å²) in [6.45, 7) is 4.84. The molecule has 0 spiro atoms. The Kier molecular flexibility index (Phi) is 5.22. The first-order valence-electron chi connectivity index (χ1n) is 7.01. The van der Waals surface area contributed by atoms with Gasteiger partial charge in [-0.2, -0.15) is 0 Å². The van der Waals surface area contributed by atoms with E-state index in [0.29, 0.717) is 5.88 Å². The smallest absolute Gasteiger partial charge is 0.216 e. The van der Waals surface area contributed by atoms with Crippen LogP contribution in [0.25, 0.3) is 0 Å². The number of aryl methyl sites for hydroxylation is 1. The number of methoxy groups -OCH3 is 1. The number of rotatable bonds is 6.